The van der Waals surface area contributed by atoms with Crippen LogP contribution in [0.5, 0.6) is 0 Å². The van der Waals surface area contributed by atoms with E-state index in [0.29, 0.717) is 18.2 Å². The lowest BCUT2D eigenvalue weighted by molar-refractivity contribution is -0.115. The Morgan fingerprint density at radius 1 is 0.897 bits per heavy atom. The van der Waals surface area contributed by atoms with Crippen LogP contribution >= 0.6 is 0 Å². The van der Waals surface area contributed by atoms with Crippen molar-refractivity contribution in [1.82, 2.24) is 9.97 Å². The van der Waals surface area contributed by atoms with Crippen LogP contribution in [0, 0.1) is 18.8 Å². The van der Waals surface area contributed by atoms with E-state index < -0.39 is 0 Å². The van der Waals surface area contributed by atoms with Gasteiger partial charge >= 0.3 is 0 Å². The maximum Gasteiger partial charge on any atom is 0.229 e. The van der Waals surface area contributed by atoms with Crippen molar-refractivity contribution in [2.24, 2.45) is 11.8 Å². The van der Waals surface area contributed by atoms with E-state index in [1.807, 2.05) is 83.1 Å². The first-order chi connectivity index (χ1) is 18.9. The summed E-state index contributed by atoms with van der Waals surface area (Å²) in [5.41, 5.74) is 11.4. The van der Waals surface area contributed by atoms with Gasteiger partial charge in [0.25, 0.3) is 0 Å². The van der Waals surface area contributed by atoms with Crippen LogP contribution in [0.1, 0.15) is 97.4 Å². The summed E-state index contributed by atoms with van der Waals surface area (Å²) in [4.78, 5) is 22.5. The van der Waals surface area contributed by atoms with E-state index in [9.17, 15) is 4.79 Å². The average molecular weight is 533 g/mol. The molecule has 3 rings (SSSR count). The van der Waals surface area contributed by atoms with Gasteiger partial charge in [0, 0.05) is 11.3 Å². The minimum absolute atomic E-state index is 0.0740. The van der Waals surface area contributed by atoms with E-state index in [4.69, 9.17) is 10.7 Å². The average Bonchev–Trinajstić information content (AvgIpc) is 2.97. The van der Waals surface area contributed by atoms with E-state index in [-0.39, 0.29) is 5.91 Å². The molecule has 39 heavy (non-hydrogen) atoms. The number of anilines is 2. The third-order valence-electron chi connectivity index (χ3n) is 6.79. The molecule has 0 aliphatic rings. The number of aryl methyl sites for hydroxylation is 1. The van der Waals surface area contributed by atoms with Crippen molar-refractivity contribution in [3.05, 3.63) is 71.5 Å². The Labute approximate surface area is 238 Å². The molecule has 0 saturated heterocycles. The Hall–Kier alpha value is -3.21. The van der Waals surface area contributed by atoms with Crippen LogP contribution in [0.15, 0.2) is 54.7 Å². The number of nitrogens with two attached hydrogens (primary N) is 1. The fourth-order valence-electron chi connectivity index (χ4n) is 4.57. The number of aromatic nitrogens is 2. The first-order valence-corrected chi connectivity index (χ1v) is 15.0. The number of rotatable bonds is 12. The summed E-state index contributed by atoms with van der Waals surface area (Å²) in [6.45, 7) is 16.8. The highest BCUT2D eigenvalue weighted by atomic mass is 16.1. The smallest absolute Gasteiger partial charge is 0.229 e. The van der Waals surface area contributed by atoms with E-state index in [1.54, 1.807) is 6.20 Å². The summed E-state index contributed by atoms with van der Waals surface area (Å²) in [5, 5.41) is 3.05. The van der Waals surface area contributed by atoms with Crippen LogP contribution in [-0.2, 0) is 17.6 Å². The molecule has 0 aliphatic heterocycles. The highest BCUT2D eigenvalue weighted by molar-refractivity contribution is 5.92. The lowest BCUT2D eigenvalue weighted by Gasteiger charge is -2.22. The Morgan fingerprint density at radius 2 is 1.51 bits per heavy atom. The molecule has 0 aliphatic carbocycles. The number of hydrogen-bond acceptors (Lipinski definition) is 4. The van der Waals surface area contributed by atoms with Gasteiger partial charge in [-0.1, -0.05) is 116 Å². The third-order valence-corrected chi connectivity index (χ3v) is 6.79. The second-order valence-corrected chi connectivity index (χ2v) is 9.66. The van der Waals surface area contributed by atoms with Crippen molar-refractivity contribution in [2.45, 2.75) is 100 Å². The molecule has 2 unspecified atom stereocenters. The molecular weight excluding hydrogens is 480 g/mol. The van der Waals surface area contributed by atoms with Crippen LogP contribution in [-0.4, -0.2) is 15.9 Å². The lowest BCUT2D eigenvalue weighted by Crippen LogP contribution is -2.19. The first-order valence-electron chi connectivity index (χ1n) is 15.0. The number of carbonyl (C=O) groups is 1. The number of nitrogens with zero attached hydrogens (tertiary/aromatic N) is 2. The molecule has 0 radical (unpaired) electrons. The highest BCUT2D eigenvalue weighted by Gasteiger charge is 2.19. The number of carbonyl (C=O) groups excluding carboxylic acids is 1. The number of amides is 1. The Bertz CT molecular complexity index is 1080. The molecule has 214 valence electrons. The van der Waals surface area contributed by atoms with Crippen molar-refractivity contribution in [3.63, 3.8) is 0 Å². The van der Waals surface area contributed by atoms with Gasteiger partial charge in [-0.2, -0.15) is 0 Å². The van der Waals surface area contributed by atoms with Gasteiger partial charge in [0.1, 0.15) is 0 Å². The van der Waals surface area contributed by atoms with Gasteiger partial charge in [0.05, 0.1) is 24.0 Å². The summed E-state index contributed by atoms with van der Waals surface area (Å²) in [6, 6.07) is 15.7. The SMILES string of the molecule is CC.CC.CCCC(CC)CC(CC)Cc1nc(-c2ccc(N)cc2)cnc1NC(=O)Cc1ccc(C)cc1. The van der Waals surface area contributed by atoms with Crippen molar-refractivity contribution >= 4 is 17.4 Å². The zero-order valence-electron chi connectivity index (χ0n) is 25.7. The van der Waals surface area contributed by atoms with E-state index in [2.05, 4.69) is 31.1 Å². The molecule has 0 saturated carbocycles. The van der Waals surface area contributed by atoms with Crippen molar-refractivity contribution < 1.29 is 4.79 Å². The number of nitrogen functional groups attached to an aromatic ring is 1. The first kappa shape index (κ1) is 33.8. The molecule has 3 N–H and O–H groups in total. The lowest BCUT2D eigenvalue weighted by atomic mass is 9.85. The molecule has 2 atom stereocenters. The molecule has 1 amide bonds. The number of hydrogen-bond donors (Lipinski definition) is 2. The fraction of sp³-hybridized carbons (Fsp3) is 0.500. The van der Waals surface area contributed by atoms with Gasteiger partial charge in [-0.15, -0.1) is 0 Å². The predicted molar refractivity (Wildman–Crippen MR) is 169 cm³/mol. The van der Waals surface area contributed by atoms with Gasteiger partial charge in [-0.3, -0.25) is 4.79 Å². The zero-order valence-corrected chi connectivity index (χ0v) is 25.7. The standard InChI is InChI=1S/C30H40N4O.2C2H6/c1-5-8-22(6-2)17-23(7-3)18-27-30(34-29(35)19-24-11-9-21(4)10-12-24)32-20-28(33-27)25-13-15-26(31)16-14-25;2*1-2/h9-16,20,22-23H,5-8,17-19,31H2,1-4H3,(H,32,34,35);2*1-2H3. The molecule has 3 aromatic rings. The Balaban J connectivity index is 0.00000181. The van der Waals surface area contributed by atoms with Gasteiger partial charge in [0.2, 0.25) is 5.91 Å². The molecule has 1 heterocycles. The molecule has 0 bridgehead atoms. The van der Waals surface area contributed by atoms with Crippen LogP contribution in [0.2, 0.25) is 0 Å². The minimum Gasteiger partial charge on any atom is -0.399 e. The maximum atomic E-state index is 12.9. The topological polar surface area (TPSA) is 80.9 Å². The summed E-state index contributed by atoms with van der Waals surface area (Å²) in [6.07, 6.45) is 8.76. The third kappa shape index (κ3) is 11.6. The Morgan fingerprint density at radius 3 is 2.08 bits per heavy atom. The predicted octanol–water partition coefficient (Wildman–Crippen LogP) is 9.05. The zero-order chi connectivity index (χ0) is 29.2. The molecule has 1 aromatic heterocycles. The summed E-state index contributed by atoms with van der Waals surface area (Å²) >= 11 is 0. The van der Waals surface area contributed by atoms with E-state index >= 15 is 0 Å². The molecule has 2 aromatic carbocycles. The maximum absolute atomic E-state index is 12.9. The normalized spacial score (nSPS) is 11.8. The van der Waals surface area contributed by atoms with Crippen molar-refractivity contribution in [3.8, 4) is 11.3 Å². The van der Waals surface area contributed by atoms with Crippen molar-refractivity contribution in [2.75, 3.05) is 11.1 Å². The van der Waals surface area contributed by atoms with E-state index in [0.717, 1.165) is 47.0 Å². The Kier molecular flexibility index (Phi) is 16.4. The second kappa shape index (κ2) is 18.9. The molecule has 5 nitrogen and oxygen atoms in total. The minimum atomic E-state index is -0.0740. The van der Waals surface area contributed by atoms with E-state index in [1.165, 1.54) is 31.2 Å². The largest absolute Gasteiger partial charge is 0.399 e. The number of benzene rings is 2. The fourth-order valence-corrected chi connectivity index (χ4v) is 4.57. The van der Waals surface area contributed by atoms with Crippen LogP contribution in [0.25, 0.3) is 11.3 Å². The van der Waals surface area contributed by atoms with Gasteiger partial charge < -0.3 is 11.1 Å². The molecule has 0 fully saturated rings. The summed E-state index contributed by atoms with van der Waals surface area (Å²) in [5.74, 6) is 1.71. The molecule has 0 spiro atoms. The van der Waals surface area contributed by atoms with Gasteiger partial charge in [0.15, 0.2) is 5.82 Å². The van der Waals surface area contributed by atoms with Crippen LogP contribution in [0.4, 0.5) is 11.5 Å². The summed E-state index contributed by atoms with van der Waals surface area (Å²) in [7, 11) is 0. The highest BCUT2D eigenvalue weighted by Crippen LogP contribution is 2.28. The summed E-state index contributed by atoms with van der Waals surface area (Å²) < 4.78 is 0. The van der Waals surface area contributed by atoms with Gasteiger partial charge in [-0.25, -0.2) is 9.97 Å². The van der Waals surface area contributed by atoms with Crippen LogP contribution in [0.3, 0.4) is 0 Å². The van der Waals surface area contributed by atoms with Crippen LogP contribution < -0.4 is 11.1 Å². The number of nitrogens with one attached hydrogen (secondary N) is 1. The molecular formula is C34H52N4O. The molecule has 5 heteroatoms. The second-order valence-electron chi connectivity index (χ2n) is 9.66. The van der Waals surface area contributed by atoms with Crippen molar-refractivity contribution in [1.29, 1.82) is 0 Å². The monoisotopic (exact) mass is 532 g/mol. The van der Waals surface area contributed by atoms with Gasteiger partial charge in [-0.05, 0) is 49.3 Å². The quantitative estimate of drug-likeness (QED) is 0.228.